The lowest BCUT2D eigenvalue weighted by atomic mass is 10.1. The van der Waals surface area contributed by atoms with Gasteiger partial charge >= 0.3 is 0 Å². The van der Waals surface area contributed by atoms with Gasteiger partial charge in [-0.2, -0.15) is 0 Å². The number of hydrogen-bond donors (Lipinski definition) is 0. The van der Waals surface area contributed by atoms with E-state index in [1.165, 1.54) is 16.7 Å². The normalized spacial score (nSPS) is 15.4. The first-order valence-electron chi connectivity index (χ1n) is 8.44. The second-order valence-electron chi connectivity index (χ2n) is 5.92. The Hall–Kier alpha value is -1.73. The molecule has 2 aromatic rings. The van der Waals surface area contributed by atoms with Crippen LogP contribution in [0.15, 0.2) is 41.3 Å². The van der Waals surface area contributed by atoms with Crippen LogP contribution in [-0.4, -0.2) is 28.8 Å². The lowest BCUT2D eigenvalue weighted by molar-refractivity contribution is -0.121. The van der Waals surface area contributed by atoms with Gasteiger partial charge in [0.25, 0.3) is 5.91 Å². The van der Waals surface area contributed by atoms with Crippen molar-refractivity contribution in [1.29, 1.82) is 0 Å². The van der Waals surface area contributed by atoms with Gasteiger partial charge in [-0.1, -0.05) is 59.3 Å². The van der Waals surface area contributed by atoms with Crippen molar-refractivity contribution in [2.45, 2.75) is 13.5 Å². The monoisotopic (exact) mass is 453 g/mol. The Morgan fingerprint density at radius 1 is 1.11 bits per heavy atom. The minimum Gasteiger partial charge on any atom is -0.490 e. The largest absolute Gasteiger partial charge is 0.490 e. The third kappa shape index (κ3) is 4.81. The zero-order valence-corrected chi connectivity index (χ0v) is 18.3. The van der Waals surface area contributed by atoms with Crippen molar-refractivity contribution >= 4 is 63.5 Å². The maximum absolute atomic E-state index is 12.2. The maximum Gasteiger partial charge on any atom is 0.265 e. The van der Waals surface area contributed by atoms with E-state index in [2.05, 4.69) is 0 Å². The highest BCUT2D eigenvalue weighted by molar-refractivity contribution is 8.26. The molecule has 146 valence electrons. The van der Waals surface area contributed by atoms with Crippen molar-refractivity contribution in [2.24, 2.45) is 0 Å². The van der Waals surface area contributed by atoms with E-state index in [0.717, 1.165) is 11.1 Å². The SMILES string of the molecule is CCOc1cc(/C=C2/SC(=S)N(C)C2=O)ccc1OCc1ccc(Cl)c(Cl)c1. The molecule has 0 unspecified atom stereocenters. The summed E-state index contributed by atoms with van der Waals surface area (Å²) in [6.07, 6.45) is 1.80. The van der Waals surface area contributed by atoms with Gasteiger partial charge in [0.2, 0.25) is 0 Å². The van der Waals surface area contributed by atoms with E-state index in [0.29, 0.717) is 44.0 Å². The molecule has 1 heterocycles. The van der Waals surface area contributed by atoms with Crippen LogP contribution in [0.5, 0.6) is 11.5 Å². The fraction of sp³-hybridized carbons (Fsp3) is 0.200. The number of amides is 1. The number of hydrogen-bond acceptors (Lipinski definition) is 5. The molecule has 4 nitrogen and oxygen atoms in total. The molecule has 1 amide bonds. The van der Waals surface area contributed by atoms with Crippen LogP contribution >= 0.6 is 47.2 Å². The summed E-state index contributed by atoms with van der Waals surface area (Å²) in [5.74, 6) is 1.10. The summed E-state index contributed by atoms with van der Waals surface area (Å²) < 4.78 is 12.2. The molecule has 0 atom stereocenters. The molecule has 0 N–H and O–H groups in total. The molecule has 0 radical (unpaired) electrons. The first kappa shape index (κ1) is 21.0. The predicted molar refractivity (Wildman–Crippen MR) is 119 cm³/mol. The fourth-order valence-corrected chi connectivity index (χ4v) is 3.99. The summed E-state index contributed by atoms with van der Waals surface area (Å²) in [4.78, 5) is 14.2. The van der Waals surface area contributed by atoms with Crippen LogP contribution in [0, 0.1) is 0 Å². The molecule has 1 aliphatic rings. The van der Waals surface area contributed by atoms with Crippen LogP contribution in [0.4, 0.5) is 0 Å². The Bertz CT molecular complexity index is 962. The predicted octanol–water partition coefficient (Wildman–Crippen LogP) is 5.80. The van der Waals surface area contributed by atoms with E-state index in [-0.39, 0.29) is 5.91 Å². The van der Waals surface area contributed by atoms with Gasteiger partial charge in [-0.05, 0) is 48.4 Å². The number of thioether (sulfide) groups is 1. The van der Waals surface area contributed by atoms with E-state index >= 15 is 0 Å². The van der Waals surface area contributed by atoms with Gasteiger partial charge in [0, 0.05) is 7.05 Å². The standard InChI is InChI=1S/C20H17Cl2NO3S2/c1-3-25-17-9-12(10-18-19(24)23(2)20(27)28-18)5-7-16(17)26-11-13-4-6-14(21)15(22)8-13/h4-10H,3,11H2,1-2H3/b18-10+. The molecule has 2 aromatic carbocycles. The van der Waals surface area contributed by atoms with E-state index in [9.17, 15) is 4.79 Å². The summed E-state index contributed by atoms with van der Waals surface area (Å²) >= 11 is 18.4. The highest BCUT2D eigenvalue weighted by Gasteiger charge is 2.28. The lowest BCUT2D eigenvalue weighted by Gasteiger charge is -2.13. The molecular formula is C20H17Cl2NO3S2. The number of carbonyl (C=O) groups is 1. The molecule has 0 aromatic heterocycles. The quantitative estimate of drug-likeness (QED) is 0.407. The van der Waals surface area contributed by atoms with Crippen molar-refractivity contribution in [2.75, 3.05) is 13.7 Å². The molecule has 1 saturated heterocycles. The number of rotatable bonds is 6. The number of benzene rings is 2. The fourth-order valence-electron chi connectivity index (χ4n) is 2.49. The summed E-state index contributed by atoms with van der Waals surface area (Å²) in [5.41, 5.74) is 1.73. The molecule has 28 heavy (non-hydrogen) atoms. The molecule has 8 heteroatoms. The van der Waals surface area contributed by atoms with E-state index in [1.54, 1.807) is 25.3 Å². The van der Waals surface area contributed by atoms with E-state index in [4.69, 9.17) is 44.9 Å². The Morgan fingerprint density at radius 2 is 1.89 bits per heavy atom. The molecule has 0 saturated carbocycles. The summed E-state index contributed by atoms with van der Waals surface area (Å²) in [6.45, 7) is 2.71. The third-order valence-electron chi connectivity index (χ3n) is 3.93. The molecule has 0 spiro atoms. The Labute approximate surface area is 183 Å². The zero-order valence-electron chi connectivity index (χ0n) is 15.2. The van der Waals surface area contributed by atoms with Gasteiger partial charge in [0.15, 0.2) is 11.5 Å². The smallest absolute Gasteiger partial charge is 0.265 e. The van der Waals surface area contributed by atoms with Gasteiger partial charge in [-0.3, -0.25) is 9.69 Å². The number of halogens is 2. The highest BCUT2D eigenvalue weighted by atomic mass is 35.5. The van der Waals surface area contributed by atoms with Crippen LogP contribution in [0.2, 0.25) is 10.0 Å². The van der Waals surface area contributed by atoms with Crippen molar-refractivity contribution < 1.29 is 14.3 Å². The molecule has 1 fully saturated rings. The van der Waals surface area contributed by atoms with Crippen LogP contribution in [0.1, 0.15) is 18.1 Å². The molecule has 0 bridgehead atoms. The molecular weight excluding hydrogens is 437 g/mol. The van der Waals surface area contributed by atoms with Crippen molar-refractivity contribution in [3.8, 4) is 11.5 Å². The van der Waals surface area contributed by atoms with Crippen LogP contribution in [-0.2, 0) is 11.4 Å². The van der Waals surface area contributed by atoms with Crippen LogP contribution < -0.4 is 9.47 Å². The van der Waals surface area contributed by atoms with Gasteiger partial charge in [-0.15, -0.1) is 0 Å². The average Bonchev–Trinajstić information content (AvgIpc) is 2.91. The topological polar surface area (TPSA) is 38.8 Å². The number of ether oxygens (including phenoxy) is 2. The zero-order chi connectivity index (χ0) is 20.3. The Balaban J connectivity index is 1.80. The van der Waals surface area contributed by atoms with Crippen molar-refractivity contribution in [1.82, 2.24) is 4.90 Å². The number of likely N-dealkylation sites (N-methyl/N-ethyl adjacent to an activating group) is 1. The Morgan fingerprint density at radius 3 is 2.54 bits per heavy atom. The van der Waals surface area contributed by atoms with E-state index < -0.39 is 0 Å². The van der Waals surface area contributed by atoms with E-state index in [1.807, 2.05) is 31.2 Å². The molecule has 0 aliphatic carbocycles. The minimum atomic E-state index is -0.104. The summed E-state index contributed by atoms with van der Waals surface area (Å²) in [7, 11) is 1.67. The van der Waals surface area contributed by atoms with Gasteiger partial charge in [0.05, 0.1) is 21.6 Å². The number of thiocarbonyl (C=S) groups is 1. The van der Waals surface area contributed by atoms with Crippen molar-refractivity contribution in [3.05, 3.63) is 62.5 Å². The second-order valence-corrected chi connectivity index (χ2v) is 8.41. The highest BCUT2D eigenvalue weighted by Crippen LogP contribution is 2.34. The lowest BCUT2D eigenvalue weighted by Crippen LogP contribution is -2.22. The molecule has 3 rings (SSSR count). The minimum absolute atomic E-state index is 0.104. The van der Waals surface area contributed by atoms with Gasteiger partial charge in [0.1, 0.15) is 10.9 Å². The summed E-state index contributed by atoms with van der Waals surface area (Å²) in [6, 6.07) is 10.9. The van der Waals surface area contributed by atoms with Gasteiger partial charge in [-0.25, -0.2) is 0 Å². The maximum atomic E-state index is 12.2. The second kappa shape index (κ2) is 9.18. The first-order chi connectivity index (χ1) is 13.4. The van der Waals surface area contributed by atoms with Gasteiger partial charge < -0.3 is 9.47 Å². The molecule has 1 aliphatic heterocycles. The number of carbonyl (C=O) groups excluding carboxylic acids is 1. The average molecular weight is 454 g/mol. The third-order valence-corrected chi connectivity index (χ3v) is 6.15. The van der Waals surface area contributed by atoms with Crippen molar-refractivity contribution in [3.63, 3.8) is 0 Å². The first-order valence-corrected chi connectivity index (χ1v) is 10.4. The van der Waals surface area contributed by atoms with Crippen LogP contribution in [0.25, 0.3) is 6.08 Å². The Kier molecular flexibility index (Phi) is 6.88. The summed E-state index contributed by atoms with van der Waals surface area (Å²) in [5, 5.41) is 0.985. The number of nitrogens with zero attached hydrogens (tertiary/aromatic N) is 1. The van der Waals surface area contributed by atoms with Crippen LogP contribution in [0.3, 0.4) is 0 Å².